The molecule has 7 heteroatoms. The van der Waals surface area contributed by atoms with Crippen LogP contribution in [0.1, 0.15) is 0 Å². The van der Waals surface area contributed by atoms with Gasteiger partial charge in [-0.15, -0.1) is 0 Å². The van der Waals surface area contributed by atoms with Crippen LogP contribution in [0.25, 0.3) is 122 Å². The summed E-state index contributed by atoms with van der Waals surface area (Å²) in [4.78, 5) is 21.0. The van der Waals surface area contributed by atoms with Gasteiger partial charge in [0.15, 0.2) is 17.2 Å². The first kappa shape index (κ1) is 33.5. The highest BCUT2D eigenvalue weighted by atomic mass is 16.3. The van der Waals surface area contributed by atoms with E-state index in [0.29, 0.717) is 29.1 Å². The molecular weight excluding hydrogens is 749 g/mol. The van der Waals surface area contributed by atoms with Crippen molar-refractivity contribution < 1.29 is 4.42 Å². The van der Waals surface area contributed by atoms with Gasteiger partial charge in [-0.25, -0.2) is 9.97 Å². The van der Waals surface area contributed by atoms with Gasteiger partial charge < -0.3 is 8.98 Å². The number of para-hydroxylation sites is 3. The lowest BCUT2D eigenvalue weighted by Gasteiger charge is -2.14. The van der Waals surface area contributed by atoms with E-state index >= 15 is 0 Å². The molecule has 0 spiro atoms. The highest BCUT2D eigenvalue weighted by Crippen LogP contribution is 2.43. The minimum Gasteiger partial charge on any atom is -0.434 e. The quantitative estimate of drug-likeness (QED) is 0.174. The zero-order chi connectivity index (χ0) is 40.0. The molecule has 4 aromatic heterocycles. The normalized spacial score (nSPS) is 11.9. The van der Waals surface area contributed by atoms with E-state index in [0.717, 1.165) is 87.7 Å². The van der Waals surface area contributed by atoms with Gasteiger partial charge in [-0.1, -0.05) is 158 Å². The number of benzene rings is 9. The number of fused-ring (bicyclic) bond motifs is 10. The van der Waals surface area contributed by atoms with Gasteiger partial charge in [0.1, 0.15) is 5.52 Å². The van der Waals surface area contributed by atoms with E-state index in [1.165, 1.54) is 5.39 Å². The molecule has 7 nitrogen and oxygen atoms in total. The van der Waals surface area contributed by atoms with E-state index in [4.69, 9.17) is 24.4 Å². The van der Waals surface area contributed by atoms with Crippen LogP contribution in [0.5, 0.6) is 0 Å². The maximum absolute atomic E-state index is 6.83. The lowest BCUT2D eigenvalue weighted by atomic mass is 10.0. The molecule has 0 bridgehead atoms. The summed E-state index contributed by atoms with van der Waals surface area (Å²) in [6.45, 7) is 0. The Morgan fingerprint density at radius 2 is 1.00 bits per heavy atom. The fourth-order valence-electron chi connectivity index (χ4n) is 9.24. The molecule has 0 N–H and O–H groups in total. The SMILES string of the molecule is c1ccc(-c2nc(-c3cccc4ccccc34)nc(-n3c4ccccc4c4ccc5c6ccccc6n(-c6cccc7nc(-c8ccc9ccccc9c8)oc67)c5c43)n2)cc1. The predicted molar refractivity (Wildman–Crippen MR) is 247 cm³/mol. The Labute approximate surface area is 348 Å². The Balaban J connectivity index is 1.14. The van der Waals surface area contributed by atoms with Crippen LogP contribution in [0.3, 0.4) is 0 Å². The first-order chi connectivity index (χ1) is 30.2. The summed E-state index contributed by atoms with van der Waals surface area (Å²) in [5.41, 5.74) is 9.20. The maximum Gasteiger partial charge on any atom is 0.238 e. The summed E-state index contributed by atoms with van der Waals surface area (Å²) in [5.74, 6) is 2.31. The molecular formula is C54H32N6O. The van der Waals surface area contributed by atoms with Crippen LogP contribution in [-0.2, 0) is 0 Å². The van der Waals surface area contributed by atoms with Crippen molar-refractivity contribution in [1.29, 1.82) is 0 Å². The van der Waals surface area contributed by atoms with Gasteiger partial charge in [-0.05, 0) is 57.9 Å². The summed E-state index contributed by atoms with van der Waals surface area (Å²) in [5, 5.41) is 8.92. The molecule has 0 amide bonds. The third kappa shape index (κ3) is 5.11. The number of hydrogen-bond acceptors (Lipinski definition) is 5. The second-order valence-electron chi connectivity index (χ2n) is 15.4. The standard InChI is InChI=1S/C54H32N6O/c1-2-16-35(17-3-1)51-56-52(43-23-12-19-34-15-6-7-20-38(34)43)58-54(57-51)60-46-26-11-9-22-40(46)42-31-30-41-39-21-8-10-25-45(39)59(48(41)49(42)60)47-27-13-24-44-50(47)61-53(55-44)37-29-28-33-14-4-5-18-36(33)32-37/h1-32H. The molecule has 13 rings (SSSR count). The van der Waals surface area contributed by atoms with Crippen LogP contribution in [-0.4, -0.2) is 29.1 Å². The van der Waals surface area contributed by atoms with Crippen molar-refractivity contribution in [3.63, 3.8) is 0 Å². The number of aromatic nitrogens is 6. The highest BCUT2D eigenvalue weighted by molar-refractivity contribution is 6.24. The molecule has 13 aromatic rings. The van der Waals surface area contributed by atoms with Crippen molar-refractivity contribution >= 4 is 76.3 Å². The second-order valence-corrected chi connectivity index (χ2v) is 15.4. The smallest absolute Gasteiger partial charge is 0.238 e. The molecule has 284 valence electrons. The van der Waals surface area contributed by atoms with Crippen LogP contribution < -0.4 is 0 Å². The Morgan fingerprint density at radius 1 is 0.377 bits per heavy atom. The average molecular weight is 781 g/mol. The van der Waals surface area contributed by atoms with Gasteiger partial charge >= 0.3 is 0 Å². The summed E-state index contributed by atoms with van der Waals surface area (Å²) in [6.07, 6.45) is 0. The molecule has 0 saturated heterocycles. The summed E-state index contributed by atoms with van der Waals surface area (Å²) < 4.78 is 11.4. The summed E-state index contributed by atoms with van der Waals surface area (Å²) in [7, 11) is 0. The topological polar surface area (TPSA) is 74.6 Å². The summed E-state index contributed by atoms with van der Waals surface area (Å²) in [6, 6.07) is 67.4. The van der Waals surface area contributed by atoms with E-state index < -0.39 is 0 Å². The van der Waals surface area contributed by atoms with E-state index in [9.17, 15) is 0 Å². The molecule has 61 heavy (non-hydrogen) atoms. The average Bonchev–Trinajstić information content (AvgIpc) is 4.02. The third-order valence-electron chi connectivity index (χ3n) is 12.0. The zero-order valence-corrected chi connectivity index (χ0v) is 32.6. The maximum atomic E-state index is 6.83. The van der Waals surface area contributed by atoms with Crippen LogP contribution >= 0.6 is 0 Å². The summed E-state index contributed by atoms with van der Waals surface area (Å²) >= 11 is 0. The Bertz CT molecular complexity index is 3890. The van der Waals surface area contributed by atoms with Crippen LogP contribution in [0, 0.1) is 0 Å². The fourth-order valence-corrected chi connectivity index (χ4v) is 9.24. The molecule has 0 aliphatic heterocycles. The zero-order valence-electron chi connectivity index (χ0n) is 32.6. The second kappa shape index (κ2) is 13.0. The first-order valence-corrected chi connectivity index (χ1v) is 20.4. The van der Waals surface area contributed by atoms with E-state index in [-0.39, 0.29) is 0 Å². The van der Waals surface area contributed by atoms with Crippen LogP contribution in [0.4, 0.5) is 0 Å². The minimum atomic E-state index is 0.531. The molecule has 0 aliphatic carbocycles. The van der Waals surface area contributed by atoms with E-state index in [1.54, 1.807) is 0 Å². The number of nitrogens with zero attached hydrogens (tertiary/aromatic N) is 6. The van der Waals surface area contributed by atoms with Gasteiger partial charge in [0.2, 0.25) is 11.8 Å². The van der Waals surface area contributed by atoms with Crippen LogP contribution in [0.2, 0.25) is 0 Å². The molecule has 0 radical (unpaired) electrons. The van der Waals surface area contributed by atoms with Gasteiger partial charge in [-0.3, -0.25) is 4.57 Å². The van der Waals surface area contributed by atoms with Crippen LogP contribution in [0.15, 0.2) is 199 Å². The monoisotopic (exact) mass is 780 g/mol. The molecule has 9 aromatic carbocycles. The number of oxazole rings is 1. The van der Waals surface area contributed by atoms with Gasteiger partial charge in [0, 0.05) is 38.2 Å². The van der Waals surface area contributed by atoms with Crippen molar-refractivity contribution in [1.82, 2.24) is 29.1 Å². The van der Waals surface area contributed by atoms with Crippen molar-refractivity contribution in [3.8, 4) is 45.9 Å². The van der Waals surface area contributed by atoms with Crippen molar-refractivity contribution in [3.05, 3.63) is 194 Å². The van der Waals surface area contributed by atoms with Crippen molar-refractivity contribution in [2.45, 2.75) is 0 Å². The molecule has 0 fully saturated rings. The molecule has 0 saturated carbocycles. The lowest BCUT2D eigenvalue weighted by molar-refractivity contribution is 0.618. The minimum absolute atomic E-state index is 0.531. The molecule has 0 unspecified atom stereocenters. The van der Waals surface area contributed by atoms with Gasteiger partial charge in [-0.2, -0.15) is 9.97 Å². The Morgan fingerprint density at radius 3 is 1.80 bits per heavy atom. The first-order valence-electron chi connectivity index (χ1n) is 20.4. The van der Waals surface area contributed by atoms with Gasteiger partial charge in [0.25, 0.3) is 0 Å². The highest BCUT2D eigenvalue weighted by Gasteiger charge is 2.25. The van der Waals surface area contributed by atoms with E-state index in [1.807, 2.05) is 24.3 Å². The Kier molecular flexibility index (Phi) is 7.17. The molecule has 4 heterocycles. The predicted octanol–water partition coefficient (Wildman–Crippen LogP) is 13.5. The number of hydrogen-bond donors (Lipinski definition) is 0. The molecule has 0 aliphatic rings. The third-order valence-corrected chi connectivity index (χ3v) is 12.0. The molecule has 0 atom stereocenters. The largest absolute Gasteiger partial charge is 0.434 e. The fraction of sp³-hybridized carbons (Fsp3) is 0. The van der Waals surface area contributed by atoms with Gasteiger partial charge in [0.05, 0.1) is 27.8 Å². The van der Waals surface area contributed by atoms with E-state index in [2.05, 4.69) is 179 Å². The van der Waals surface area contributed by atoms with Crippen molar-refractivity contribution in [2.75, 3.05) is 0 Å². The van der Waals surface area contributed by atoms with Crippen molar-refractivity contribution in [2.24, 2.45) is 0 Å². The Hall–Kier alpha value is -8.42. The number of rotatable bonds is 5. The lowest BCUT2D eigenvalue weighted by Crippen LogP contribution is -2.07.